The van der Waals surface area contributed by atoms with Crippen LogP contribution in [0.15, 0.2) is 30.3 Å². The largest absolute Gasteiger partial charge is 0.361 e. The first-order valence-corrected chi connectivity index (χ1v) is 5.71. The predicted octanol–water partition coefficient (Wildman–Crippen LogP) is 1.39. The van der Waals surface area contributed by atoms with E-state index >= 15 is 0 Å². The van der Waals surface area contributed by atoms with E-state index in [0.29, 0.717) is 11.8 Å². The molecule has 0 amide bonds. The Morgan fingerprint density at radius 2 is 2.11 bits per heavy atom. The zero-order chi connectivity index (χ0) is 13.2. The Labute approximate surface area is 105 Å². The van der Waals surface area contributed by atoms with Crippen molar-refractivity contribution in [1.82, 2.24) is 5.06 Å². The van der Waals surface area contributed by atoms with Crippen molar-refractivity contribution in [2.24, 2.45) is 0 Å². The van der Waals surface area contributed by atoms with Crippen LogP contribution in [0.25, 0.3) is 0 Å². The van der Waals surface area contributed by atoms with E-state index in [2.05, 4.69) is 0 Å². The summed E-state index contributed by atoms with van der Waals surface area (Å²) in [7, 11) is 0. The molecule has 1 aliphatic heterocycles. The van der Waals surface area contributed by atoms with Crippen molar-refractivity contribution in [3.05, 3.63) is 35.9 Å². The minimum atomic E-state index is -0.796. The van der Waals surface area contributed by atoms with Crippen LogP contribution in [-0.4, -0.2) is 35.7 Å². The SMILES string of the molecule is CC1(C)O[C@H](C=O)CN1OC(=O)c1ccccc1. The van der Waals surface area contributed by atoms with Crippen molar-refractivity contribution in [2.45, 2.75) is 25.7 Å². The molecule has 0 saturated carbocycles. The summed E-state index contributed by atoms with van der Waals surface area (Å²) >= 11 is 0. The van der Waals surface area contributed by atoms with Gasteiger partial charge in [0.05, 0.1) is 12.1 Å². The Bertz CT molecular complexity index is 444. The van der Waals surface area contributed by atoms with Crippen molar-refractivity contribution in [3.8, 4) is 0 Å². The summed E-state index contributed by atoms with van der Waals surface area (Å²) in [6.07, 6.45) is 0.140. The zero-order valence-electron chi connectivity index (χ0n) is 10.3. The molecule has 1 fully saturated rings. The molecular weight excluding hydrogens is 234 g/mol. The molecule has 0 spiro atoms. The summed E-state index contributed by atoms with van der Waals surface area (Å²) in [6, 6.07) is 8.68. The summed E-state index contributed by atoms with van der Waals surface area (Å²) in [6.45, 7) is 3.73. The number of rotatable bonds is 3. The summed E-state index contributed by atoms with van der Waals surface area (Å²) < 4.78 is 5.43. The lowest BCUT2D eigenvalue weighted by Gasteiger charge is -2.27. The van der Waals surface area contributed by atoms with Gasteiger partial charge >= 0.3 is 5.97 Å². The highest BCUT2D eigenvalue weighted by atomic mass is 16.8. The average Bonchev–Trinajstić information content (AvgIpc) is 2.65. The van der Waals surface area contributed by atoms with E-state index in [1.807, 2.05) is 6.07 Å². The van der Waals surface area contributed by atoms with Crippen LogP contribution in [-0.2, 0) is 14.4 Å². The van der Waals surface area contributed by atoms with Crippen molar-refractivity contribution in [1.29, 1.82) is 0 Å². The van der Waals surface area contributed by atoms with Gasteiger partial charge in [0.2, 0.25) is 0 Å². The highest BCUT2D eigenvalue weighted by molar-refractivity contribution is 5.89. The lowest BCUT2D eigenvalue weighted by molar-refractivity contribution is -0.208. The number of aldehydes is 1. The quantitative estimate of drug-likeness (QED) is 0.758. The first kappa shape index (κ1) is 12.7. The lowest BCUT2D eigenvalue weighted by Crippen LogP contribution is -2.40. The molecule has 0 unspecified atom stereocenters. The van der Waals surface area contributed by atoms with E-state index in [1.54, 1.807) is 38.1 Å². The minimum absolute atomic E-state index is 0.245. The lowest BCUT2D eigenvalue weighted by atomic mass is 10.2. The highest BCUT2D eigenvalue weighted by Crippen LogP contribution is 2.26. The maximum atomic E-state index is 11.9. The van der Waals surface area contributed by atoms with Gasteiger partial charge in [-0.05, 0) is 26.0 Å². The number of hydroxylamine groups is 2. The van der Waals surface area contributed by atoms with Crippen molar-refractivity contribution in [3.63, 3.8) is 0 Å². The second-order valence-electron chi connectivity index (χ2n) is 4.54. The molecule has 5 heteroatoms. The molecule has 0 radical (unpaired) electrons. The smallest absolute Gasteiger partial charge is 0.357 e. The Balaban J connectivity index is 2.06. The molecule has 5 nitrogen and oxygen atoms in total. The van der Waals surface area contributed by atoms with Crippen LogP contribution >= 0.6 is 0 Å². The molecule has 0 aromatic heterocycles. The van der Waals surface area contributed by atoms with Gasteiger partial charge in [0.25, 0.3) is 0 Å². The Morgan fingerprint density at radius 1 is 1.44 bits per heavy atom. The van der Waals surface area contributed by atoms with Gasteiger partial charge in [-0.1, -0.05) is 18.2 Å². The number of benzene rings is 1. The third kappa shape index (κ3) is 2.57. The summed E-state index contributed by atoms with van der Waals surface area (Å²) in [5, 5.41) is 1.39. The number of carbonyl (C=O) groups is 2. The predicted molar refractivity (Wildman–Crippen MR) is 63.6 cm³/mol. The molecule has 18 heavy (non-hydrogen) atoms. The third-order valence-corrected chi connectivity index (χ3v) is 2.74. The number of hydrogen-bond donors (Lipinski definition) is 0. The molecule has 1 atom stereocenters. The first-order valence-electron chi connectivity index (χ1n) is 5.71. The Morgan fingerprint density at radius 3 is 2.67 bits per heavy atom. The van der Waals surface area contributed by atoms with Gasteiger partial charge in [-0.15, -0.1) is 5.06 Å². The fraction of sp³-hybridized carbons (Fsp3) is 0.385. The van der Waals surface area contributed by atoms with E-state index in [9.17, 15) is 9.59 Å². The second-order valence-corrected chi connectivity index (χ2v) is 4.54. The maximum absolute atomic E-state index is 11.9. The van der Waals surface area contributed by atoms with Crippen LogP contribution in [0.2, 0.25) is 0 Å². The van der Waals surface area contributed by atoms with Gasteiger partial charge in [-0.2, -0.15) is 0 Å². The topological polar surface area (TPSA) is 55.8 Å². The fourth-order valence-electron chi connectivity index (χ4n) is 1.79. The van der Waals surface area contributed by atoms with E-state index in [1.165, 1.54) is 5.06 Å². The fourth-order valence-corrected chi connectivity index (χ4v) is 1.79. The van der Waals surface area contributed by atoms with Crippen LogP contribution in [0, 0.1) is 0 Å². The molecule has 1 aliphatic rings. The van der Waals surface area contributed by atoms with Gasteiger partial charge in [0.1, 0.15) is 18.1 Å². The zero-order valence-corrected chi connectivity index (χ0v) is 10.3. The van der Waals surface area contributed by atoms with Crippen molar-refractivity contribution in [2.75, 3.05) is 6.54 Å². The van der Waals surface area contributed by atoms with Crippen molar-refractivity contribution >= 4 is 12.3 Å². The van der Waals surface area contributed by atoms with E-state index < -0.39 is 17.8 Å². The van der Waals surface area contributed by atoms with Gasteiger partial charge in [0.15, 0.2) is 0 Å². The minimum Gasteiger partial charge on any atom is -0.361 e. The van der Waals surface area contributed by atoms with Crippen LogP contribution < -0.4 is 0 Å². The number of carbonyl (C=O) groups excluding carboxylic acids is 2. The van der Waals surface area contributed by atoms with E-state index in [0.717, 1.165) is 0 Å². The molecule has 96 valence electrons. The normalized spacial score (nSPS) is 22.7. The monoisotopic (exact) mass is 249 g/mol. The Kier molecular flexibility index (Phi) is 3.45. The third-order valence-electron chi connectivity index (χ3n) is 2.74. The first-order chi connectivity index (χ1) is 8.53. The molecule has 1 saturated heterocycles. The van der Waals surface area contributed by atoms with Gasteiger partial charge < -0.3 is 14.4 Å². The summed E-state index contributed by atoms with van der Waals surface area (Å²) in [4.78, 5) is 27.8. The number of ether oxygens (including phenoxy) is 1. The standard InChI is InChI=1S/C13H15NO4/c1-13(2)14(8-11(9-15)17-13)18-12(16)10-6-4-3-5-7-10/h3-7,9,11H,8H2,1-2H3/t11-/m0/s1. The summed E-state index contributed by atoms with van der Waals surface area (Å²) in [5.41, 5.74) is -0.335. The summed E-state index contributed by atoms with van der Waals surface area (Å²) in [5.74, 6) is -0.459. The van der Waals surface area contributed by atoms with Crippen LogP contribution in [0.4, 0.5) is 0 Å². The number of hydrogen-bond acceptors (Lipinski definition) is 5. The Hall–Kier alpha value is -1.72. The van der Waals surface area contributed by atoms with E-state index in [4.69, 9.17) is 9.57 Å². The molecule has 1 aromatic rings. The molecule has 2 rings (SSSR count). The molecule has 1 heterocycles. The molecular formula is C13H15NO4. The maximum Gasteiger partial charge on any atom is 0.357 e. The van der Waals surface area contributed by atoms with Gasteiger partial charge in [-0.3, -0.25) is 0 Å². The van der Waals surface area contributed by atoms with Gasteiger partial charge in [0, 0.05) is 0 Å². The highest BCUT2D eigenvalue weighted by Gasteiger charge is 2.42. The van der Waals surface area contributed by atoms with Crippen LogP contribution in [0.1, 0.15) is 24.2 Å². The molecule has 0 aliphatic carbocycles. The molecule has 1 aromatic carbocycles. The molecule has 0 N–H and O–H groups in total. The second kappa shape index (κ2) is 4.88. The molecule has 0 bridgehead atoms. The van der Waals surface area contributed by atoms with Crippen molar-refractivity contribution < 1.29 is 19.2 Å². The number of nitrogens with zero attached hydrogens (tertiary/aromatic N) is 1. The van der Waals surface area contributed by atoms with E-state index in [-0.39, 0.29) is 6.54 Å². The van der Waals surface area contributed by atoms with Crippen LogP contribution in [0.5, 0.6) is 0 Å². The average molecular weight is 249 g/mol. The van der Waals surface area contributed by atoms with Gasteiger partial charge in [-0.25, -0.2) is 4.79 Å². The van der Waals surface area contributed by atoms with Crippen LogP contribution in [0.3, 0.4) is 0 Å².